The van der Waals surface area contributed by atoms with Crippen molar-refractivity contribution < 1.29 is 22.9 Å². The zero-order chi connectivity index (χ0) is 12.3. The van der Waals surface area contributed by atoms with Crippen LogP contribution < -0.4 is 5.32 Å². The van der Waals surface area contributed by atoms with Crippen LogP contribution in [0.15, 0.2) is 18.3 Å². The molecule has 1 aromatic heterocycles. The molecule has 0 aromatic carbocycles. The summed E-state index contributed by atoms with van der Waals surface area (Å²) in [6.07, 6.45) is -4.09. The standard InChI is InChI=1S/C7H4F3N3O3/c8-7(9,10)6(14)12-5-4(13(15)16)2-1-3-11-5/h1-3H,(H,11,12,14). The topological polar surface area (TPSA) is 85.1 Å². The van der Waals surface area contributed by atoms with E-state index >= 15 is 0 Å². The lowest BCUT2D eigenvalue weighted by molar-refractivity contribution is -0.384. The first-order chi connectivity index (χ1) is 7.32. The monoisotopic (exact) mass is 235 g/mol. The van der Waals surface area contributed by atoms with Crippen molar-refractivity contribution in [3.63, 3.8) is 0 Å². The average molecular weight is 235 g/mol. The molecule has 86 valence electrons. The Morgan fingerprint density at radius 2 is 2.12 bits per heavy atom. The molecule has 0 bridgehead atoms. The van der Waals surface area contributed by atoms with Crippen molar-refractivity contribution in [3.8, 4) is 0 Å². The normalized spacial score (nSPS) is 10.9. The number of pyridine rings is 1. The molecule has 0 spiro atoms. The van der Waals surface area contributed by atoms with Gasteiger partial charge >= 0.3 is 17.8 Å². The van der Waals surface area contributed by atoms with Crippen LogP contribution in [0, 0.1) is 10.1 Å². The van der Waals surface area contributed by atoms with Crippen molar-refractivity contribution >= 4 is 17.4 Å². The number of rotatable bonds is 2. The van der Waals surface area contributed by atoms with Crippen molar-refractivity contribution in [3.05, 3.63) is 28.4 Å². The third-order valence-electron chi connectivity index (χ3n) is 1.47. The Morgan fingerprint density at radius 1 is 1.50 bits per heavy atom. The molecule has 0 radical (unpaired) electrons. The van der Waals surface area contributed by atoms with Crippen molar-refractivity contribution in [2.24, 2.45) is 0 Å². The van der Waals surface area contributed by atoms with Gasteiger partial charge in [-0.2, -0.15) is 13.2 Å². The number of nitro groups is 1. The Labute approximate surface area is 86.2 Å². The lowest BCUT2D eigenvalue weighted by Gasteiger charge is -2.06. The van der Waals surface area contributed by atoms with E-state index in [1.807, 2.05) is 0 Å². The van der Waals surface area contributed by atoms with Gasteiger partial charge < -0.3 is 0 Å². The number of alkyl halides is 3. The summed E-state index contributed by atoms with van der Waals surface area (Å²) in [5, 5.41) is 11.7. The third-order valence-corrected chi connectivity index (χ3v) is 1.47. The largest absolute Gasteiger partial charge is 0.471 e. The van der Waals surface area contributed by atoms with Gasteiger partial charge in [0.25, 0.3) is 0 Å². The van der Waals surface area contributed by atoms with Crippen LogP contribution in [0.5, 0.6) is 0 Å². The molecule has 0 unspecified atom stereocenters. The second-order valence-electron chi connectivity index (χ2n) is 2.58. The van der Waals surface area contributed by atoms with Crippen molar-refractivity contribution in [1.29, 1.82) is 0 Å². The van der Waals surface area contributed by atoms with Crippen LogP contribution >= 0.6 is 0 Å². The highest BCUT2D eigenvalue weighted by molar-refractivity contribution is 5.95. The average Bonchev–Trinajstić information content (AvgIpc) is 2.16. The number of nitrogens with one attached hydrogen (secondary N) is 1. The molecule has 0 saturated heterocycles. The number of anilines is 1. The number of nitrogens with zero attached hydrogens (tertiary/aromatic N) is 2. The molecule has 0 aliphatic carbocycles. The van der Waals surface area contributed by atoms with Crippen LogP contribution in [0.2, 0.25) is 0 Å². The minimum Gasteiger partial charge on any atom is -0.297 e. The van der Waals surface area contributed by atoms with Crippen molar-refractivity contribution in [1.82, 2.24) is 4.98 Å². The van der Waals surface area contributed by atoms with Crippen LogP contribution in [0.25, 0.3) is 0 Å². The Bertz CT molecular complexity index is 432. The van der Waals surface area contributed by atoms with E-state index in [0.29, 0.717) is 0 Å². The number of hydrogen-bond acceptors (Lipinski definition) is 4. The molecule has 1 heterocycles. The molecule has 0 aliphatic heterocycles. The maximum absolute atomic E-state index is 11.9. The second-order valence-corrected chi connectivity index (χ2v) is 2.58. The van der Waals surface area contributed by atoms with Crippen LogP contribution in [-0.2, 0) is 4.79 Å². The lowest BCUT2D eigenvalue weighted by atomic mass is 10.4. The minimum absolute atomic E-state index is 0.708. The van der Waals surface area contributed by atoms with Crippen LogP contribution in [0.3, 0.4) is 0 Å². The van der Waals surface area contributed by atoms with Crippen molar-refractivity contribution in [2.45, 2.75) is 6.18 Å². The number of amides is 1. The smallest absolute Gasteiger partial charge is 0.297 e. The minimum atomic E-state index is -5.12. The van der Waals surface area contributed by atoms with Gasteiger partial charge in [-0.05, 0) is 6.07 Å². The van der Waals surface area contributed by atoms with E-state index in [-0.39, 0.29) is 0 Å². The summed E-state index contributed by atoms with van der Waals surface area (Å²) in [5.74, 6) is -3.05. The zero-order valence-electron chi connectivity index (χ0n) is 7.49. The van der Waals surface area contributed by atoms with E-state index in [9.17, 15) is 28.1 Å². The molecule has 16 heavy (non-hydrogen) atoms. The van der Waals surface area contributed by atoms with Gasteiger partial charge in [0.05, 0.1) is 4.92 Å². The van der Waals surface area contributed by atoms with Crippen LogP contribution in [-0.4, -0.2) is 22.0 Å². The molecule has 9 heteroatoms. The number of hydrogen-bond donors (Lipinski definition) is 1. The van der Waals surface area contributed by atoms with Gasteiger partial charge in [0.15, 0.2) is 0 Å². The Morgan fingerprint density at radius 3 is 2.62 bits per heavy atom. The van der Waals surface area contributed by atoms with E-state index in [0.717, 1.165) is 12.3 Å². The Kier molecular flexibility index (Phi) is 3.06. The molecule has 0 saturated carbocycles. The molecule has 1 N–H and O–H groups in total. The summed E-state index contributed by atoms with van der Waals surface area (Å²) < 4.78 is 35.6. The molecule has 0 atom stereocenters. The zero-order valence-corrected chi connectivity index (χ0v) is 7.49. The molecule has 6 nitrogen and oxygen atoms in total. The van der Waals surface area contributed by atoms with Gasteiger partial charge in [-0.1, -0.05) is 0 Å². The fourth-order valence-corrected chi connectivity index (χ4v) is 0.819. The highest BCUT2D eigenvalue weighted by Gasteiger charge is 2.39. The van der Waals surface area contributed by atoms with E-state index < -0.39 is 28.5 Å². The van der Waals surface area contributed by atoms with E-state index in [1.54, 1.807) is 0 Å². The predicted octanol–water partition coefficient (Wildman–Crippen LogP) is 1.49. The number of carbonyl (C=O) groups excluding carboxylic acids is 1. The maximum Gasteiger partial charge on any atom is 0.471 e. The quantitative estimate of drug-likeness (QED) is 0.621. The summed E-state index contributed by atoms with van der Waals surface area (Å²) in [7, 11) is 0. The molecular formula is C7H4F3N3O3. The highest BCUT2D eigenvalue weighted by Crippen LogP contribution is 2.23. The number of halogens is 3. The molecule has 0 aliphatic rings. The fourth-order valence-electron chi connectivity index (χ4n) is 0.819. The van der Waals surface area contributed by atoms with E-state index in [2.05, 4.69) is 4.98 Å². The predicted molar refractivity (Wildman–Crippen MR) is 45.6 cm³/mol. The number of carbonyl (C=O) groups is 1. The number of aromatic nitrogens is 1. The van der Waals surface area contributed by atoms with Crippen LogP contribution in [0.4, 0.5) is 24.7 Å². The van der Waals surface area contributed by atoms with Gasteiger partial charge in [0.2, 0.25) is 5.82 Å². The molecular weight excluding hydrogens is 231 g/mol. The summed E-state index contributed by atoms with van der Waals surface area (Å²) in [4.78, 5) is 23.2. The molecule has 1 aromatic rings. The van der Waals surface area contributed by atoms with Gasteiger partial charge in [-0.25, -0.2) is 4.98 Å². The van der Waals surface area contributed by atoms with Gasteiger partial charge in [-0.3, -0.25) is 20.2 Å². The molecule has 1 rings (SSSR count). The van der Waals surface area contributed by atoms with E-state index in [4.69, 9.17) is 0 Å². The Balaban J connectivity index is 2.98. The lowest BCUT2D eigenvalue weighted by Crippen LogP contribution is -2.30. The third kappa shape index (κ3) is 2.65. The highest BCUT2D eigenvalue weighted by atomic mass is 19.4. The van der Waals surface area contributed by atoms with Gasteiger partial charge in [0.1, 0.15) is 0 Å². The fraction of sp³-hybridized carbons (Fsp3) is 0.143. The molecule has 1 amide bonds. The first kappa shape index (κ1) is 11.9. The summed E-state index contributed by atoms with van der Waals surface area (Å²) in [6, 6.07) is 2.10. The SMILES string of the molecule is O=C(Nc1ncccc1[N+](=O)[O-])C(F)(F)F. The summed E-state index contributed by atoms with van der Waals surface area (Å²) >= 11 is 0. The van der Waals surface area contributed by atoms with Gasteiger partial charge in [0, 0.05) is 12.3 Å². The second kappa shape index (κ2) is 4.13. The van der Waals surface area contributed by atoms with Crippen LogP contribution in [0.1, 0.15) is 0 Å². The Hall–Kier alpha value is -2.19. The van der Waals surface area contributed by atoms with Crippen molar-refractivity contribution in [2.75, 3.05) is 5.32 Å². The first-order valence-corrected chi connectivity index (χ1v) is 3.80. The van der Waals surface area contributed by atoms with E-state index in [1.165, 1.54) is 11.4 Å². The van der Waals surface area contributed by atoms with Gasteiger partial charge in [-0.15, -0.1) is 0 Å². The summed E-state index contributed by atoms with van der Waals surface area (Å²) in [6.45, 7) is 0. The maximum atomic E-state index is 11.9. The molecule has 0 fully saturated rings. The first-order valence-electron chi connectivity index (χ1n) is 3.80. The summed E-state index contributed by atoms with van der Waals surface area (Å²) in [5.41, 5.74) is -0.708.